The maximum atomic E-state index is 12.6. The minimum absolute atomic E-state index is 0.105. The van der Waals surface area contributed by atoms with Crippen molar-refractivity contribution in [1.82, 2.24) is 19.8 Å². The molecule has 0 spiro atoms. The minimum atomic E-state index is -5.24. The molecular weight excluding hydrogens is 383 g/mol. The molecule has 2 aliphatic heterocycles. The lowest BCUT2D eigenvalue weighted by Crippen LogP contribution is -2.52. The summed E-state index contributed by atoms with van der Waals surface area (Å²) in [6, 6.07) is -0.105. The van der Waals surface area contributed by atoms with Crippen LogP contribution >= 0.6 is 0 Å². The predicted molar refractivity (Wildman–Crippen MR) is 98.9 cm³/mol. The molecule has 7 nitrogen and oxygen atoms in total. The Morgan fingerprint density at radius 2 is 1.70 bits per heavy atom. The van der Waals surface area contributed by atoms with Crippen molar-refractivity contribution in [3.8, 4) is 0 Å². The zero-order valence-electron chi connectivity index (χ0n) is 15.9. The Kier molecular flexibility index (Phi) is 7.75. The van der Waals surface area contributed by atoms with Gasteiger partial charge in [0.25, 0.3) is 0 Å². The molecular formula is C16H30F3N5O2S. The van der Waals surface area contributed by atoms with Crippen LogP contribution in [0.4, 0.5) is 13.2 Å². The molecule has 158 valence electrons. The van der Waals surface area contributed by atoms with Gasteiger partial charge in [-0.2, -0.15) is 17.5 Å². The van der Waals surface area contributed by atoms with Crippen molar-refractivity contribution >= 4 is 16.0 Å². The molecule has 0 saturated carbocycles. The van der Waals surface area contributed by atoms with Gasteiger partial charge in [-0.3, -0.25) is 4.99 Å². The molecule has 0 atom stereocenters. The summed E-state index contributed by atoms with van der Waals surface area (Å²) in [5.74, 6) is 1.38. The highest BCUT2D eigenvalue weighted by Crippen LogP contribution is 2.28. The number of nitrogens with zero attached hydrogens (tertiary/aromatic N) is 3. The summed E-state index contributed by atoms with van der Waals surface area (Å²) in [7, 11) is -3.59. The monoisotopic (exact) mass is 413 g/mol. The van der Waals surface area contributed by atoms with Gasteiger partial charge in [0.15, 0.2) is 5.96 Å². The van der Waals surface area contributed by atoms with Crippen LogP contribution in [0.3, 0.4) is 0 Å². The second kappa shape index (κ2) is 9.42. The molecule has 0 aromatic carbocycles. The first-order valence-corrected chi connectivity index (χ1v) is 10.8. The molecule has 0 bridgehead atoms. The minimum Gasteiger partial charge on any atom is -0.355 e. The second-order valence-electron chi connectivity index (χ2n) is 7.29. The fourth-order valence-electron chi connectivity index (χ4n) is 3.39. The van der Waals surface area contributed by atoms with E-state index in [1.165, 1.54) is 12.8 Å². The highest BCUT2D eigenvalue weighted by Gasteiger charge is 2.50. The zero-order valence-corrected chi connectivity index (χ0v) is 16.7. The Morgan fingerprint density at radius 1 is 1.11 bits per heavy atom. The fraction of sp³-hybridized carbons (Fsp3) is 0.938. The Bertz CT molecular complexity index is 596. The topological polar surface area (TPSA) is 77.0 Å². The van der Waals surface area contributed by atoms with Crippen molar-refractivity contribution in [2.75, 3.05) is 46.3 Å². The van der Waals surface area contributed by atoms with E-state index in [1.807, 2.05) is 0 Å². The molecule has 11 heteroatoms. The molecule has 2 heterocycles. The first-order chi connectivity index (χ1) is 12.6. The van der Waals surface area contributed by atoms with E-state index in [2.05, 4.69) is 27.4 Å². The molecule has 2 N–H and O–H groups in total. The number of halogens is 3. The first kappa shape index (κ1) is 22.2. The third-order valence-corrected chi connectivity index (χ3v) is 6.88. The van der Waals surface area contributed by atoms with E-state index in [1.54, 1.807) is 7.05 Å². The zero-order chi connectivity index (χ0) is 20.1. The van der Waals surface area contributed by atoms with Crippen LogP contribution in [0.15, 0.2) is 4.99 Å². The summed E-state index contributed by atoms with van der Waals surface area (Å²) in [5, 5.41) is 6.41. The molecule has 0 amide bonds. The van der Waals surface area contributed by atoms with E-state index in [0.717, 1.165) is 32.1 Å². The number of sulfonamides is 1. The highest BCUT2D eigenvalue weighted by atomic mass is 32.2. The largest absolute Gasteiger partial charge is 0.511 e. The Hall–Kier alpha value is -1.07. The number of piperidine rings is 2. The number of guanidine groups is 1. The van der Waals surface area contributed by atoms with Gasteiger partial charge >= 0.3 is 15.5 Å². The van der Waals surface area contributed by atoms with Gasteiger partial charge in [0.1, 0.15) is 0 Å². The lowest BCUT2D eigenvalue weighted by atomic mass is 9.99. The van der Waals surface area contributed by atoms with Crippen molar-refractivity contribution < 1.29 is 21.6 Å². The Balaban J connectivity index is 1.72. The number of rotatable bonds is 5. The normalized spacial score (nSPS) is 22.8. The van der Waals surface area contributed by atoms with Crippen molar-refractivity contribution in [1.29, 1.82) is 0 Å². The lowest BCUT2D eigenvalue weighted by Gasteiger charge is -2.33. The van der Waals surface area contributed by atoms with Gasteiger partial charge < -0.3 is 15.5 Å². The van der Waals surface area contributed by atoms with Crippen molar-refractivity contribution in [3.63, 3.8) is 0 Å². The molecule has 2 rings (SSSR count). The van der Waals surface area contributed by atoms with Gasteiger partial charge in [-0.25, -0.2) is 8.42 Å². The van der Waals surface area contributed by atoms with Crippen LogP contribution in [-0.2, 0) is 10.0 Å². The van der Waals surface area contributed by atoms with Crippen LogP contribution in [0.25, 0.3) is 0 Å². The van der Waals surface area contributed by atoms with Crippen LogP contribution in [0.1, 0.15) is 32.6 Å². The maximum Gasteiger partial charge on any atom is 0.511 e. The molecule has 0 aromatic rings. The number of hydrogen-bond donors (Lipinski definition) is 2. The van der Waals surface area contributed by atoms with E-state index >= 15 is 0 Å². The summed E-state index contributed by atoms with van der Waals surface area (Å²) in [6.45, 7) is 5.81. The molecule has 2 fully saturated rings. The number of likely N-dealkylation sites (tertiary alicyclic amines) is 1. The van der Waals surface area contributed by atoms with E-state index in [-0.39, 0.29) is 19.1 Å². The molecule has 27 heavy (non-hydrogen) atoms. The Labute approximate surface area is 159 Å². The first-order valence-electron chi connectivity index (χ1n) is 9.39. The third-order valence-electron chi connectivity index (χ3n) is 5.25. The predicted octanol–water partition coefficient (Wildman–Crippen LogP) is 1.20. The molecule has 0 aromatic heterocycles. The van der Waals surface area contributed by atoms with Gasteiger partial charge in [0.05, 0.1) is 0 Å². The van der Waals surface area contributed by atoms with Crippen LogP contribution in [0.5, 0.6) is 0 Å². The summed E-state index contributed by atoms with van der Waals surface area (Å²) in [6.07, 6.45) is 3.04. The molecule has 0 aliphatic carbocycles. The SMILES string of the molecule is CN=C(NCCN1CCC(C)CC1)NC1CCN(S(=O)(=O)C(F)(F)F)CC1. The van der Waals surface area contributed by atoms with Gasteiger partial charge in [-0.05, 0) is 44.7 Å². The average molecular weight is 414 g/mol. The smallest absolute Gasteiger partial charge is 0.355 e. The van der Waals surface area contributed by atoms with Crippen LogP contribution in [0.2, 0.25) is 0 Å². The van der Waals surface area contributed by atoms with Crippen molar-refractivity contribution in [2.24, 2.45) is 10.9 Å². The molecule has 0 unspecified atom stereocenters. The summed E-state index contributed by atoms with van der Waals surface area (Å²) < 4.78 is 61.2. The number of nitrogens with one attached hydrogen (secondary N) is 2. The third kappa shape index (κ3) is 6.21. The molecule has 2 saturated heterocycles. The van der Waals surface area contributed by atoms with Crippen LogP contribution in [0, 0.1) is 5.92 Å². The fourth-order valence-corrected chi connectivity index (χ4v) is 4.38. The van der Waals surface area contributed by atoms with Gasteiger partial charge in [0.2, 0.25) is 0 Å². The maximum absolute atomic E-state index is 12.6. The van der Waals surface area contributed by atoms with Gasteiger partial charge in [-0.15, -0.1) is 0 Å². The lowest BCUT2D eigenvalue weighted by molar-refractivity contribution is -0.0494. The number of aliphatic imine (C=N–C) groups is 1. The Morgan fingerprint density at radius 3 is 2.22 bits per heavy atom. The second-order valence-corrected chi connectivity index (χ2v) is 9.22. The highest BCUT2D eigenvalue weighted by molar-refractivity contribution is 7.90. The summed E-state index contributed by atoms with van der Waals surface area (Å²) >= 11 is 0. The number of hydrogen-bond acceptors (Lipinski definition) is 4. The molecule has 2 aliphatic rings. The van der Waals surface area contributed by atoms with E-state index in [4.69, 9.17) is 0 Å². The van der Waals surface area contributed by atoms with Gasteiger partial charge in [-0.1, -0.05) is 6.92 Å². The average Bonchev–Trinajstić information content (AvgIpc) is 2.62. The van der Waals surface area contributed by atoms with Crippen LogP contribution in [-0.4, -0.2) is 81.4 Å². The summed E-state index contributed by atoms with van der Waals surface area (Å²) in [4.78, 5) is 6.55. The van der Waals surface area contributed by atoms with E-state index in [9.17, 15) is 21.6 Å². The standard InChI is InChI=1S/C16H30F3N5O2S/c1-13-3-8-23(9-4-13)12-7-21-15(20-2)22-14-5-10-24(11-6-14)27(25,26)16(17,18)19/h13-14H,3-12H2,1-2H3,(H2,20,21,22). The van der Waals surface area contributed by atoms with Gasteiger partial charge in [0, 0.05) is 39.3 Å². The number of alkyl halides is 3. The van der Waals surface area contributed by atoms with Crippen molar-refractivity contribution in [3.05, 3.63) is 0 Å². The summed E-state index contributed by atoms with van der Waals surface area (Å²) in [5.41, 5.74) is -5.24. The van der Waals surface area contributed by atoms with E-state index < -0.39 is 15.5 Å². The van der Waals surface area contributed by atoms with Crippen molar-refractivity contribution in [2.45, 2.75) is 44.2 Å². The molecule has 0 radical (unpaired) electrons. The van der Waals surface area contributed by atoms with E-state index in [0.29, 0.717) is 23.1 Å². The van der Waals surface area contributed by atoms with Crippen LogP contribution < -0.4 is 10.6 Å². The quantitative estimate of drug-likeness (QED) is 0.523.